The van der Waals surface area contributed by atoms with Crippen molar-refractivity contribution in [3.05, 3.63) is 115 Å². The molecule has 5 aromatic rings. The van der Waals surface area contributed by atoms with E-state index in [2.05, 4.69) is 24.3 Å². The van der Waals surface area contributed by atoms with Gasteiger partial charge in [0, 0.05) is 35.3 Å². The third-order valence-electron chi connectivity index (χ3n) is 5.42. The first-order valence-corrected chi connectivity index (χ1v) is 13.0. The number of benzene rings is 5. The van der Waals surface area contributed by atoms with Crippen molar-refractivity contribution in [3.63, 3.8) is 0 Å². The van der Waals surface area contributed by atoms with Crippen molar-refractivity contribution in [2.45, 2.75) is 0 Å². The van der Waals surface area contributed by atoms with Gasteiger partial charge in [0.05, 0.1) is 0 Å². The summed E-state index contributed by atoms with van der Waals surface area (Å²) in [6.07, 6.45) is 0. The zero-order valence-corrected chi connectivity index (χ0v) is 19.3. The maximum atomic E-state index is 6.61. The average molecular weight is 456 g/mol. The summed E-state index contributed by atoms with van der Waals surface area (Å²) in [4.78, 5) is 0. The molecule has 0 spiro atoms. The van der Waals surface area contributed by atoms with Crippen molar-refractivity contribution in [2.24, 2.45) is 0 Å². The summed E-state index contributed by atoms with van der Waals surface area (Å²) in [6, 6.07) is 38.3. The number of para-hydroxylation sites is 1. The summed E-state index contributed by atoms with van der Waals surface area (Å²) in [7, 11) is 1.94. The van der Waals surface area contributed by atoms with Gasteiger partial charge in [-0.05, 0) is 35.0 Å². The maximum Gasteiger partial charge on any atom is 0.395 e. The van der Waals surface area contributed by atoms with Gasteiger partial charge in [-0.15, -0.1) is 0 Å². The highest BCUT2D eigenvalue weighted by atomic mass is 32.5. The standard InChI is InChI=1S/C27H22NO2PS/c1-28(23-15-3-2-4-16-23)31(32,29-26-19-9-13-21-11-5-7-17-24(21)26)30-27-20-10-14-22-12-6-8-18-25(22)27/h2-20H,1H3. The van der Waals surface area contributed by atoms with E-state index in [1.54, 1.807) is 0 Å². The van der Waals surface area contributed by atoms with Crippen molar-refractivity contribution in [1.29, 1.82) is 0 Å². The molecule has 0 amide bonds. The first kappa shape index (κ1) is 20.6. The molecule has 5 heteroatoms. The largest absolute Gasteiger partial charge is 0.420 e. The van der Waals surface area contributed by atoms with Gasteiger partial charge < -0.3 is 9.05 Å². The first-order chi connectivity index (χ1) is 15.6. The maximum absolute atomic E-state index is 6.61. The van der Waals surface area contributed by atoms with E-state index in [0.29, 0.717) is 0 Å². The fourth-order valence-electron chi connectivity index (χ4n) is 3.73. The van der Waals surface area contributed by atoms with Crippen LogP contribution in [0.3, 0.4) is 0 Å². The molecule has 0 atom stereocenters. The predicted molar refractivity (Wildman–Crippen MR) is 138 cm³/mol. The average Bonchev–Trinajstić information content (AvgIpc) is 2.84. The van der Waals surface area contributed by atoms with Gasteiger partial charge in [0.2, 0.25) is 0 Å². The van der Waals surface area contributed by atoms with E-state index in [0.717, 1.165) is 38.7 Å². The van der Waals surface area contributed by atoms with E-state index in [1.165, 1.54) is 0 Å². The van der Waals surface area contributed by atoms with E-state index in [9.17, 15) is 0 Å². The summed E-state index contributed by atoms with van der Waals surface area (Å²) in [5.41, 5.74) is 0.941. The molecule has 32 heavy (non-hydrogen) atoms. The summed E-state index contributed by atoms with van der Waals surface area (Å²) in [5, 5.41) is 4.21. The Bertz CT molecular complexity index is 1340. The van der Waals surface area contributed by atoms with Gasteiger partial charge in [-0.1, -0.05) is 91.0 Å². The van der Waals surface area contributed by atoms with Gasteiger partial charge in [-0.3, -0.25) is 4.67 Å². The van der Waals surface area contributed by atoms with Crippen molar-refractivity contribution in [2.75, 3.05) is 11.7 Å². The van der Waals surface area contributed by atoms with Crippen molar-refractivity contribution in [1.82, 2.24) is 0 Å². The minimum absolute atomic E-state index is 0.717. The minimum atomic E-state index is -3.02. The number of hydrogen-bond donors (Lipinski definition) is 0. The Balaban J connectivity index is 1.63. The van der Waals surface area contributed by atoms with E-state index in [4.69, 9.17) is 20.9 Å². The van der Waals surface area contributed by atoms with Gasteiger partial charge in [0.1, 0.15) is 11.5 Å². The van der Waals surface area contributed by atoms with Crippen LogP contribution in [0, 0.1) is 0 Å². The Kier molecular flexibility index (Phi) is 5.57. The Hall–Kier alpha value is -3.33. The lowest BCUT2D eigenvalue weighted by atomic mass is 10.1. The molecular weight excluding hydrogens is 433 g/mol. The second-order valence-corrected chi connectivity index (χ2v) is 10.8. The molecule has 5 rings (SSSR count). The summed E-state index contributed by atoms with van der Waals surface area (Å²) >= 11 is 6.19. The number of hydrogen-bond acceptors (Lipinski definition) is 3. The quantitative estimate of drug-likeness (QED) is 0.243. The second-order valence-electron chi connectivity index (χ2n) is 7.46. The number of rotatable bonds is 6. The molecule has 158 valence electrons. The highest BCUT2D eigenvalue weighted by Crippen LogP contribution is 2.55. The first-order valence-electron chi connectivity index (χ1n) is 10.4. The molecule has 0 aliphatic carbocycles. The topological polar surface area (TPSA) is 21.7 Å². The highest BCUT2D eigenvalue weighted by molar-refractivity contribution is 8.10. The highest BCUT2D eigenvalue weighted by Gasteiger charge is 2.31. The third-order valence-corrected chi connectivity index (χ3v) is 8.43. The number of anilines is 1. The molecule has 0 heterocycles. The van der Waals surface area contributed by atoms with E-state index >= 15 is 0 Å². The van der Waals surface area contributed by atoms with E-state index in [1.807, 2.05) is 103 Å². The normalized spacial score (nSPS) is 11.4. The van der Waals surface area contributed by atoms with Crippen LogP contribution < -0.4 is 13.7 Å². The summed E-state index contributed by atoms with van der Waals surface area (Å²) in [5.74, 6) is 1.43. The number of fused-ring (bicyclic) bond motifs is 2. The van der Waals surface area contributed by atoms with Crippen LogP contribution in [0.4, 0.5) is 5.69 Å². The van der Waals surface area contributed by atoms with Gasteiger partial charge in [-0.2, -0.15) is 0 Å². The monoisotopic (exact) mass is 455 g/mol. The molecule has 0 aliphatic rings. The van der Waals surface area contributed by atoms with E-state index < -0.39 is 6.64 Å². The van der Waals surface area contributed by atoms with Crippen LogP contribution in [0.1, 0.15) is 0 Å². The lowest BCUT2D eigenvalue weighted by Gasteiger charge is -2.33. The van der Waals surface area contributed by atoms with Crippen LogP contribution in [-0.4, -0.2) is 7.05 Å². The second kappa shape index (κ2) is 8.66. The van der Waals surface area contributed by atoms with Gasteiger partial charge >= 0.3 is 6.64 Å². The SMILES string of the molecule is CN(c1ccccc1)P(=S)(Oc1cccc2ccccc12)Oc1cccc2ccccc12. The van der Waals surface area contributed by atoms with E-state index in [-0.39, 0.29) is 0 Å². The molecule has 0 N–H and O–H groups in total. The smallest absolute Gasteiger partial charge is 0.395 e. The molecule has 0 bridgehead atoms. The lowest BCUT2D eigenvalue weighted by Crippen LogP contribution is -2.21. The Morgan fingerprint density at radius 1 is 0.562 bits per heavy atom. The molecule has 0 aromatic heterocycles. The van der Waals surface area contributed by atoms with Crippen molar-refractivity contribution in [3.8, 4) is 11.5 Å². The fraction of sp³-hybridized carbons (Fsp3) is 0.0370. The van der Waals surface area contributed by atoms with Crippen LogP contribution in [0.2, 0.25) is 0 Å². The van der Waals surface area contributed by atoms with Crippen LogP contribution in [0.15, 0.2) is 115 Å². The zero-order valence-electron chi connectivity index (χ0n) is 17.6. The molecule has 0 saturated heterocycles. The van der Waals surface area contributed by atoms with Crippen LogP contribution in [-0.2, 0) is 11.8 Å². The zero-order chi connectivity index (χ0) is 22.0. The van der Waals surface area contributed by atoms with Gasteiger partial charge in [-0.25, -0.2) is 0 Å². The van der Waals surface area contributed by atoms with Crippen LogP contribution in [0.5, 0.6) is 11.5 Å². The Morgan fingerprint density at radius 3 is 1.53 bits per heavy atom. The molecule has 3 nitrogen and oxygen atoms in total. The minimum Gasteiger partial charge on any atom is -0.420 e. The molecular formula is C27H22NO2PS. The molecule has 0 unspecified atom stereocenters. The molecule has 0 aliphatic heterocycles. The van der Waals surface area contributed by atoms with Crippen molar-refractivity contribution >= 4 is 45.7 Å². The predicted octanol–water partition coefficient (Wildman–Crippen LogP) is 7.81. The van der Waals surface area contributed by atoms with Crippen LogP contribution in [0.25, 0.3) is 21.5 Å². The summed E-state index contributed by atoms with van der Waals surface area (Å²) in [6.45, 7) is -3.02. The Labute approximate surface area is 193 Å². The Morgan fingerprint density at radius 2 is 1.00 bits per heavy atom. The number of nitrogens with zero attached hydrogens (tertiary/aromatic N) is 1. The summed E-state index contributed by atoms with van der Waals surface area (Å²) < 4.78 is 15.2. The van der Waals surface area contributed by atoms with Gasteiger partial charge in [0.15, 0.2) is 0 Å². The van der Waals surface area contributed by atoms with Crippen LogP contribution >= 0.6 is 6.64 Å². The lowest BCUT2D eigenvalue weighted by molar-refractivity contribution is 0.490. The fourth-order valence-corrected chi connectivity index (χ4v) is 6.00. The van der Waals surface area contributed by atoms with Crippen molar-refractivity contribution < 1.29 is 9.05 Å². The molecule has 0 saturated carbocycles. The molecule has 0 radical (unpaired) electrons. The molecule has 5 aromatic carbocycles. The molecule has 0 fully saturated rings. The van der Waals surface area contributed by atoms with Gasteiger partial charge in [0.25, 0.3) is 0 Å². The third kappa shape index (κ3) is 3.95.